The zero-order valence-electron chi connectivity index (χ0n) is 22.8. The molecule has 2 atom stereocenters. The van der Waals surface area contributed by atoms with E-state index in [2.05, 4.69) is 61.1 Å². The van der Waals surface area contributed by atoms with Crippen molar-refractivity contribution in [2.45, 2.75) is 78.1 Å². The summed E-state index contributed by atoms with van der Waals surface area (Å²) in [7, 11) is -2.09. The SMILES string of the molecule is [C-]#[N+]c1ccc(C[C@@H](c2nnc(-c3ccc(NC(C)=O)cc3)o2)[C@@H](C)O[Si](C)(C)C(C)(C)C)c(C)c1Cl. The fourth-order valence-electron chi connectivity index (χ4n) is 3.83. The molecule has 1 heterocycles. The van der Waals surface area contributed by atoms with E-state index in [1.165, 1.54) is 6.92 Å². The van der Waals surface area contributed by atoms with Crippen LogP contribution in [0, 0.1) is 13.5 Å². The standard InChI is InChI=1S/C28H35ClN4O3Si/c1-17-21(12-15-24(30-7)25(17)29)16-23(18(2)36-37(8,9)28(4,5)6)27-33-32-26(35-27)20-10-13-22(14-11-20)31-19(3)34/h10-15,18,23H,16H2,1-6,8-9H3,(H,31,34)/t18-,23-/m1/s1. The van der Waals surface area contributed by atoms with Crippen LogP contribution in [0.25, 0.3) is 16.3 Å². The van der Waals surface area contributed by atoms with Crippen molar-refractivity contribution >= 4 is 37.2 Å². The van der Waals surface area contributed by atoms with Gasteiger partial charge in [0.2, 0.25) is 23.4 Å². The summed E-state index contributed by atoms with van der Waals surface area (Å²) in [6, 6.07) is 11.0. The number of nitrogens with one attached hydrogen (secondary N) is 1. The quantitative estimate of drug-likeness (QED) is 0.232. The van der Waals surface area contributed by atoms with Crippen LogP contribution >= 0.6 is 11.6 Å². The number of anilines is 1. The molecule has 3 rings (SSSR count). The van der Waals surface area contributed by atoms with Gasteiger partial charge in [-0.2, -0.15) is 0 Å². The van der Waals surface area contributed by atoms with E-state index < -0.39 is 8.32 Å². The van der Waals surface area contributed by atoms with Crippen LogP contribution in [0.3, 0.4) is 0 Å². The molecule has 1 aromatic heterocycles. The largest absolute Gasteiger partial charge is 0.420 e. The molecule has 0 saturated carbocycles. The summed E-state index contributed by atoms with van der Waals surface area (Å²) in [5.41, 5.74) is 3.76. The van der Waals surface area contributed by atoms with Crippen LogP contribution in [0.1, 0.15) is 57.6 Å². The Morgan fingerprint density at radius 2 is 1.84 bits per heavy atom. The van der Waals surface area contributed by atoms with Crippen LogP contribution < -0.4 is 5.32 Å². The van der Waals surface area contributed by atoms with E-state index in [1.54, 1.807) is 18.2 Å². The molecule has 0 aliphatic carbocycles. The van der Waals surface area contributed by atoms with E-state index >= 15 is 0 Å². The Labute approximate surface area is 225 Å². The van der Waals surface area contributed by atoms with Crippen LogP contribution in [0.15, 0.2) is 40.8 Å². The summed E-state index contributed by atoms with van der Waals surface area (Å²) in [4.78, 5) is 14.8. The number of hydrogen-bond acceptors (Lipinski definition) is 5. The van der Waals surface area contributed by atoms with E-state index in [-0.39, 0.29) is 23.0 Å². The first kappa shape index (κ1) is 28.6. The average Bonchev–Trinajstić information content (AvgIpc) is 3.29. The number of amides is 1. The average molecular weight is 539 g/mol. The third-order valence-electron chi connectivity index (χ3n) is 7.10. The number of halogens is 1. The Hall–Kier alpha value is -2.99. The molecule has 0 aliphatic heterocycles. The maximum atomic E-state index is 11.3. The first-order valence-corrected chi connectivity index (χ1v) is 15.6. The lowest BCUT2D eigenvalue weighted by atomic mass is 9.92. The van der Waals surface area contributed by atoms with E-state index in [4.69, 9.17) is 27.0 Å². The molecule has 1 amide bonds. The highest BCUT2D eigenvalue weighted by Crippen LogP contribution is 2.40. The van der Waals surface area contributed by atoms with E-state index in [0.29, 0.717) is 34.6 Å². The van der Waals surface area contributed by atoms with Crippen molar-refractivity contribution in [1.29, 1.82) is 0 Å². The fourth-order valence-corrected chi connectivity index (χ4v) is 5.51. The fraction of sp³-hybridized carbons (Fsp3) is 0.429. The van der Waals surface area contributed by atoms with Crippen LogP contribution in [0.4, 0.5) is 11.4 Å². The van der Waals surface area contributed by atoms with Crippen molar-refractivity contribution in [3.8, 4) is 11.5 Å². The molecule has 1 N–H and O–H groups in total. The van der Waals surface area contributed by atoms with E-state index in [9.17, 15) is 4.79 Å². The molecule has 196 valence electrons. The summed E-state index contributed by atoms with van der Waals surface area (Å²) in [6.45, 7) is 23.9. The third-order valence-corrected chi connectivity index (χ3v) is 12.2. The number of benzene rings is 2. The topological polar surface area (TPSA) is 81.6 Å². The van der Waals surface area contributed by atoms with Gasteiger partial charge in [0.1, 0.15) is 0 Å². The van der Waals surface area contributed by atoms with Gasteiger partial charge in [0.25, 0.3) is 0 Å². The van der Waals surface area contributed by atoms with Gasteiger partial charge in [-0.05, 0) is 73.8 Å². The minimum atomic E-state index is -2.09. The molecular weight excluding hydrogens is 504 g/mol. The molecule has 0 bridgehead atoms. The van der Waals surface area contributed by atoms with Crippen molar-refractivity contribution in [3.63, 3.8) is 0 Å². The maximum absolute atomic E-state index is 11.3. The van der Waals surface area contributed by atoms with Crippen LogP contribution in [0.2, 0.25) is 23.2 Å². The minimum Gasteiger partial charge on any atom is -0.420 e. The minimum absolute atomic E-state index is 0.0397. The molecule has 0 fully saturated rings. The monoisotopic (exact) mass is 538 g/mol. The first-order chi connectivity index (χ1) is 17.2. The molecule has 0 saturated heterocycles. The molecule has 3 aromatic rings. The normalized spacial score (nSPS) is 13.6. The molecule has 2 aromatic carbocycles. The van der Waals surface area contributed by atoms with Gasteiger partial charge in [0.15, 0.2) is 8.32 Å². The maximum Gasteiger partial charge on any atom is 0.247 e. The van der Waals surface area contributed by atoms with Gasteiger partial charge in [0, 0.05) is 18.2 Å². The van der Waals surface area contributed by atoms with E-state index in [1.807, 2.05) is 25.1 Å². The highest BCUT2D eigenvalue weighted by molar-refractivity contribution is 6.74. The lowest BCUT2D eigenvalue weighted by molar-refractivity contribution is -0.114. The second-order valence-corrected chi connectivity index (χ2v) is 16.0. The molecule has 0 aliphatic rings. The molecule has 9 heteroatoms. The van der Waals surface area contributed by atoms with Crippen molar-refractivity contribution in [1.82, 2.24) is 10.2 Å². The number of hydrogen-bond donors (Lipinski definition) is 1. The highest BCUT2D eigenvalue weighted by atomic mass is 35.5. The van der Waals surface area contributed by atoms with Gasteiger partial charge < -0.3 is 14.2 Å². The van der Waals surface area contributed by atoms with Crippen molar-refractivity contribution in [3.05, 3.63) is 69.9 Å². The second-order valence-electron chi connectivity index (χ2n) is 10.9. The summed E-state index contributed by atoms with van der Waals surface area (Å²) in [6.07, 6.45) is 0.373. The van der Waals surface area contributed by atoms with Crippen LogP contribution in [-0.4, -0.2) is 30.5 Å². The number of carbonyl (C=O) groups excluding carboxylic acids is 1. The zero-order valence-corrected chi connectivity index (χ0v) is 24.5. The number of nitrogens with zero attached hydrogens (tertiary/aromatic N) is 3. The van der Waals surface area contributed by atoms with Gasteiger partial charge in [-0.25, -0.2) is 4.85 Å². The lowest BCUT2D eigenvalue weighted by Crippen LogP contribution is -2.44. The number of aromatic nitrogens is 2. The van der Waals surface area contributed by atoms with Crippen LogP contribution in [-0.2, 0) is 15.6 Å². The summed E-state index contributed by atoms with van der Waals surface area (Å²) in [5, 5.41) is 12.0. The summed E-state index contributed by atoms with van der Waals surface area (Å²) in [5.74, 6) is 0.526. The molecule has 0 radical (unpaired) electrons. The number of carbonyl (C=O) groups is 1. The highest BCUT2D eigenvalue weighted by Gasteiger charge is 2.41. The van der Waals surface area contributed by atoms with Gasteiger partial charge >= 0.3 is 0 Å². The predicted octanol–water partition coefficient (Wildman–Crippen LogP) is 7.94. The van der Waals surface area contributed by atoms with Gasteiger partial charge in [-0.3, -0.25) is 4.79 Å². The Morgan fingerprint density at radius 1 is 1.19 bits per heavy atom. The lowest BCUT2D eigenvalue weighted by Gasteiger charge is -2.40. The second kappa shape index (κ2) is 11.2. The summed E-state index contributed by atoms with van der Waals surface area (Å²) < 4.78 is 13.0. The molecule has 7 nitrogen and oxygen atoms in total. The number of rotatable bonds is 8. The zero-order chi connectivity index (χ0) is 27.5. The Morgan fingerprint density at radius 3 is 2.41 bits per heavy atom. The van der Waals surface area contributed by atoms with Crippen LogP contribution in [0.5, 0.6) is 0 Å². The van der Waals surface area contributed by atoms with Crippen molar-refractivity contribution in [2.75, 3.05) is 5.32 Å². The smallest absolute Gasteiger partial charge is 0.247 e. The van der Waals surface area contributed by atoms with Crippen molar-refractivity contribution < 1.29 is 13.6 Å². The van der Waals surface area contributed by atoms with Crippen molar-refractivity contribution in [2.24, 2.45) is 0 Å². The van der Waals surface area contributed by atoms with Gasteiger partial charge in [-0.1, -0.05) is 44.5 Å². The Balaban J connectivity index is 1.97. The first-order valence-electron chi connectivity index (χ1n) is 12.3. The van der Waals surface area contributed by atoms with Gasteiger partial charge in [-0.15, -0.1) is 10.2 Å². The molecule has 0 spiro atoms. The molecular formula is C28H35ClN4O3Si. The van der Waals surface area contributed by atoms with Gasteiger partial charge in [0.05, 0.1) is 23.6 Å². The molecule has 0 unspecified atom stereocenters. The predicted molar refractivity (Wildman–Crippen MR) is 151 cm³/mol. The Kier molecular flexibility index (Phi) is 8.63. The molecule has 37 heavy (non-hydrogen) atoms. The summed E-state index contributed by atoms with van der Waals surface area (Å²) >= 11 is 6.49. The third kappa shape index (κ3) is 6.66. The van der Waals surface area contributed by atoms with E-state index in [0.717, 1.165) is 16.7 Å². The Bertz CT molecular complexity index is 1310.